The fourth-order valence-electron chi connectivity index (χ4n) is 3.64. The van der Waals surface area contributed by atoms with E-state index in [0.717, 1.165) is 34.3 Å². The summed E-state index contributed by atoms with van der Waals surface area (Å²) in [5.41, 5.74) is 1.98. The number of rotatable bonds is 2. The van der Waals surface area contributed by atoms with Gasteiger partial charge in [0, 0.05) is 11.9 Å². The van der Waals surface area contributed by atoms with Gasteiger partial charge in [-0.15, -0.1) is 0 Å². The molecule has 2 bridgehead atoms. The van der Waals surface area contributed by atoms with Gasteiger partial charge in [-0.2, -0.15) is 5.10 Å². The minimum absolute atomic E-state index is 0.371. The van der Waals surface area contributed by atoms with E-state index in [2.05, 4.69) is 15.2 Å². The van der Waals surface area contributed by atoms with E-state index in [0.29, 0.717) is 6.10 Å². The van der Waals surface area contributed by atoms with Crippen LogP contribution in [0, 0.1) is 18.8 Å². The summed E-state index contributed by atoms with van der Waals surface area (Å²) in [4.78, 5) is 4.40. The highest BCUT2D eigenvalue weighted by atomic mass is 16.5. The number of ether oxygens (including phenoxy) is 1. The summed E-state index contributed by atoms with van der Waals surface area (Å²) in [6.07, 6.45) is 7.44. The molecule has 4 nitrogen and oxygen atoms in total. The lowest BCUT2D eigenvalue weighted by Crippen LogP contribution is -2.23. The third-order valence-electron chi connectivity index (χ3n) is 4.55. The third-order valence-corrected chi connectivity index (χ3v) is 4.55. The summed E-state index contributed by atoms with van der Waals surface area (Å²) in [5, 5.41) is 8.30. The number of fused-ring (bicyclic) bond motifs is 3. The summed E-state index contributed by atoms with van der Waals surface area (Å²) in [6, 6.07) is 1.92. The van der Waals surface area contributed by atoms with Crippen LogP contribution in [0.4, 0.5) is 0 Å². The van der Waals surface area contributed by atoms with Gasteiger partial charge in [-0.25, -0.2) is 4.98 Å². The van der Waals surface area contributed by atoms with E-state index in [-0.39, 0.29) is 0 Å². The van der Waals surface area contributed by atoms with Crippen LogP contribution >= 0.6 is 0 Å². The van der Waals surface area contributed by atoms with E-state index in [1.54, 1.807) is 6.20 Å². The van der Waals surface area contributed by atoms with Crippen molar-refractivity contribution in [3.8, 4) is 5.88 Å². The standard InChI is InChI=1S/C14H17N3O/c1-8-13-11(17-16-8)4-5-15-14(13)18-12-7-9-2-3-10(12)6-9/h4-5,9-10,12H,2-3,6-7H2,1H3,(H,16,17)/t9-,10+,12-/m1/s1. The number of nitrogens with zero attached hydrogens (tertiary/aromatic N) is 2. The molecule has 0 aliphatic heterocycles. The fourth-order valence-corrected chi connectivity index (χ4v) is 3.64. The van der Waals surface area contributed by atoms with Crippen molar-refractivity contribution in [2.75, 3.05) is 0 Å². The predicted octanol–water partition coefficient (Wildman–Crippen LogP) is 2.83. The molecule has 0 amide bonds. The number of aromatic amines is 1. The zero-order valence-electron chi connectivity index (χ0n) is 10.5. The number of pyridine rings is 1. The molecule has 18 heavy (non-hydrogen) atoms. The van der Waals surface area contributed by atoms with Gasteiger partial charge < -0.3 is 4.74 Å². The zero-order valence-corrected chi connectivity index (χ0v) is 10.5. The average Bonchev–Trinajstić information content (AvgIpc) is 3.06. The van der Waals surface area contributed by atoms with Crippen molar-refractivity contribution in [3.05, 3.63) is 18.0 Å². The van der Waals surface area contributed by atoms with Crippen LogP contribution in [0.1, 0.15) is 31.4 Å². The van der Waals surface area contributed by atoms with E-state index in [1.807, 2.05) is 13.0 Å². The first kappa shape index (κ1) is 10.4. The number of aromatic nitrogens is 3. The van der Waals surface area contributed by atoms with Crippen molar-refractivity contribution < 1.29 is 4.74 Å². The summed E-state index contributed by atoms with van der Waals surface area (Å²) in [6.45, 7) is 2.02. The Kier molecular flexibility index (Phi) is 2.13. The van der Waals surface area contributed by atoms with E-state index >= 15 is 0 Å². The van der Waals surface area contributed by atoms with Gasteiger partial charge in [-0.3, -0.25) is 5.10 Å². The lowest BCUT2D eigenvalue weighted by molar-refractivity contribution is 0.134. The number of H-pyrrole nitrogens is 1. The van der Waals surface area contributed by atoms with Crippen LogP contribution in [0.15, 0.2) is 12.3 Å². The first-order valence-electron chi connectivity index (χ1n) is 6.77. The highest BCUT2D eigenvalue weighted by Gasteiger charge is 2.41. The molecular weight excluding hydrogens is 226 g/mol. The molecule has 2 fully saturated rings. The molecule has 2 aliphatic rings. The van der Waals surface area contributed by atoms with Crippen LogP contribution in [0.3, 0.4) is 0 Å². The molecule has 3 atom stereocenters. The Hall–Kier alpha value is -1.58. The molecule has 94 valence electrons. The fraction of sp³-hybridized carbons (Fsp3) is 0.571. The highest BCUT2D eigenvalue weighted by molar-refractivity contribution is 5.85. The molecule has 0 unspecified atom stereocenters. The predicted molar refractivity (Wildman–Crippen MR) is 68.5 cm³/mol. The van der Waals surface area contributed by atoms with E-state index in [9.17, 15) is 0 Å². The SMILES string of the molecule is Cc1[nH]nc2ccnc(O[C@@H]3C[C@@H]4CC[C@H]3C4)c12. The molecule has 2 aliphatic carbocycles. The Balaban J connectivity index is 1.68. The average molecular weight is 243 g/mol. The Labute approximate surface area is 106 Å². The molecule has 4 rings (SSSR count). The Morgan fingerprint density at radius 1 is 1.33 bits per heavy atom. The molecule has 1 N–H and O–H groups in total. The summed E-state index contributed by atoms with van der Waals surface area (Å²) in [5.74, 6) is 2.40. The molecule has 2 aromatic rings. The molecule has 4 heteroatoms. The van der Waals surface area contributed by atoms with Crippen LogP contribution in [-0.4, -0.2) is 21.3 Å². The first-order valence-corrected chi connectivity index (χ1v) is 6.77. The molecular formula is C14H17N3O. The van der Waals surface area contributed by atoms with E-state index in [4.69, 9.17) is 4.74 Å². The van der Waals surface area contributed by atoms with Gasteiger partial charge in [0.15, 0.2) is 0 Å². The minimum atomic E-state index is 0.371. The van der Waals surface area contributed by atoms with Crippen LogP contribution in [-0.2, 0) is 0 Å². The van der Waals surface area contributed by atoms with Gasteiger partial charge in [0.05, 0.1) is 10.9 Å². The molecule has 0 saturated heterocycles. The van der Waals surface area contributed by atoms with Crippen molar-refractivity contribution in [2.45, 2.75) is 38.7 Å². The Morgan fingerprint density at radius 2 is 2.28 bits per heavy atom. The monoisotopic (exact) mass is 243 g/mol. The quantitative estimate of drug-likeness (QED) is 0.882. The van der Waals surface area contributed by atoms with Gasteiger partial charge in [0.2, 0.25) is 5.88 Å². The molecule has 2 aromatic heterocycles. The Bertz CT molecular complexity index is 592. The molecule has 0 radical (unpaired) electrons. The third kappa shape index (κ3) is 1.44. The van der Waals surface area contributed by atoms with Crippen LogP contribution in [0.5, 0.6) is 5.88 Å². The van der Waals surface area contributed by atoms with Crippen molar-refractivity contribution in [3.63, 3.8) is 0 Å². The van der Waals surface area contributed by atoms with Crippen molar-refractivity contribution >= 4 is 10.9 Å². The first-order chi connectivity index (χ1) is 8.81. The van der Waals surface area contributed by atoms with Crippen molar-refractivity contribution in [2.24, 2.45) is 11.8 Å². The lowest BCUT2D eigenvalue weighted by Gasteiger charge is -2.22. The molecule has 2 saturated carbocycles. The van der Waals surface area contributed by atoms with Crippen LogP contribution in [0.25, 0.3) is 10.9 Å². The molecule has 0 aromatic carbocycles. The minimum Gasteiger partial charge on any atom is -0.474 e. The second kappa shape index (κ2) is 3.70. The Morgan fingerprint density at radius 3 is 3.06 bits per heavy atom. The topological polar surface area (TPSA) is 50.8 Å². The summed E-state index contributed by atoms with van der Waals surface area (Å²) >= 11 is 0. The smallest absolute Gasteiger partial charge is 0.225 e. The number of nitrogens with one attached hydrogen (secondary N) is 1. The van der Waals surface area contributed by atoms with Gasteiger partial charge in [-0.1, -0.05) is 0 Å². The molecule has 2 heterocycles. The lowest BCUT2D eigenvalue weighted by atomic mass is 9.98. The number of hydrogen-bond donors (Lipinski definition) is 1. The summed E-state index contributed by atoms with van der Waals surface area (Å²) < 4.78 is 6.19. The largest absolute Gasteiger partial charge is 0.474 e. The number of aryl methyl sites for hydroxylation is 1. The maximum Gasteiger partial charge on any atom is 0.225 e. The van der Waals surface area contributed by atoms with E-state index < -0.39 is 0 Å². The van der Waals surface area contributed by atoms with Crippen LogP contribution in [0.2, 0.25) is 0 Å². The highest BCUT2D eigenvalue weighted by Crippen LogP contribution is 2.46. The maximum atomic E-state index is 6.19. The molecule has 0 spiro atoms. The summed E-state index contributed by atoms with van der Waals surface area (Å²) in [7, 11) is 0. The van der Waals surface area contributed by atoms with Crippen molar-refractivity contribution in [1.29, 1.82) is 0 Å². The van der Waals surface area contributed by atoms with Crippen LogP contribution < -0.4 is 4.74 Å². The maximum absolute atomic E-state index is 6.19. The van der Waals surface area contributed by atoms with Gasteiger partial charge in [0.25, 0.3) is 0 Å². The van der Waals surface area contributed by atoms with Gasteiger partial charge >= 0.3 is 0 Å². The van der Waals surface area contributed by atoms with E-state index in [1.165, 1.54) is 25.7 Å². The van der Waals surface area contributed by atoms with Gasteiger partial charge in [-0.05, 0) is 50.5 Å². The number of hydrogen-bond acceptors (Lipinski definition) is 3. The second-order valence-electron chi connectivity index (χ2n) is 5.69. The zero-order chi connectivity index (χ0) is 12.1. The van der Waals surface area contributed by atoms with Crippen molar-refractivity contribution in [1.82, 2.24) is 15.2 Å². The second-order valence-corrected chi connectivity index (χ2v) is 5.69. The van der Waals surface area contributed by atoms with Gasteiger partial charge in [0.1, 0.15) is 6.10 Å². The normalized spacial score (nSPS) is 30.2.